The van der Waals surface area contributed by atoms with Crippen LogP contribution in [0.3, 0.4) is 0 Å². The van der Waals surface area contributed by atoms with Gasteiger partial charge in [0.25, 0.3) is 5.91 Å². The van der Waals surface area contributed by atoms with Gasteiger partial charge in [0.15, 0.2) is 26.5 Å². The number of carbonyl (C=O) groups is 1. The summed E-state index contributed by atoms with van der Waals surface area (Å²) in [6.07, 6.45) is 0.726. The van der Waals surface area contributed by atoms with Crippen molar-refractivity contribution in [2.75, 3.05) is 18.3 Å². The number of nitrogens with zero attached hydrogens (tertiary/aromatic N) is 2. The van der Waals surface area contributed by atoms with Crippen LogP contribution in [0.15, 0.2) is 23.2 Å². The van der Waals surface area contributed by atoms with E-state index in [1.54, 1.807) is 0 Å². The van der Waals surface area contributed by atoms with E-state index in [-0.39, 0.29) is 41.4 Å². The molecule has 9 heteroatoms. The van der Waals surface area contributed by atoms with Crippen molar-refractivity contribution in [1.29, 1.82) is 0 Å². The average Bonchev–Trinajstić information content (AvgIpc) is 3.28. The molecule has 3 aliphatic heterocycles. The maximum atomic E-state index is 12.3. The fraction of sp³-hybridized carbons (Fsp3) is 0.556. The summed E-state index contributed by atoms with van der Waals surface area (Å²) in [5.41, 5.74) is 0.966. The highest BCUT2D eigenvalue weighted by Crippen LogP contribution is 2.40. The topological polar surface area (TPSA) is 85.3 Å². The van der Waals surface area contributed by atoms with Crippen molar-refractivity contribution in [3.63, 3.8) is 0 Å². The average molecular weight is 411 g/mol. The molecular formula is C18H22N2O5S2. The first-order valence-corrected chi connectivity index (χ1v) is 11.7. The molecule has 0 N–H and O–H groups in total. The highest BCUT2D eigenvalue weighted by atomic mass is 32.2. The fourth-order valence-electron chi connectivity index (χ4n) is 3.44. The van der Waals surface area contributed by atoms with Crippen LogP contribution < -0.4 is 9.47 Å². The van der Waals surface area contributed by atoms with Crippen LogP contribution >= 0.6 is 11.8 Å². The number of rotatable bonds is 4. The first kappa shape index (κ1) is 18.6. The van der Waals surface area contributed by atoms with Gasteiger partial charge in [0.2, 0.25) is 6.79 Å². The summed E-state index contributed by atoms with van der Waals surface area (Å²) in [5, 5.41) is 0.551. The van der Waals surface area contributed by atoms with E-state index in [0.29, 0.717) is 23.2 Å². The van der Waals surface area contributed by atoms with Crippen molar-refractivity contribution in [3.05, 3.63) is 23.8 Å². The van der Waals surface area contributed by atoms with Crippen molar-refractivity contribution in [2.45, 2.75) is 38.1 Å². The van der Waals surface area contributed by atoms with Gasteiger partial charge in [-0.3, -0.25) is 4.79 Å². The van der Waals surface area contributed by atoms with E-state index in [1.165, 1.54) is 11.8 Å². The molecule has 4 rings (SSSR count). The maximum absolute atomic E-state index is 12.3. The van der Waals surface area contributed by atoms with Crippen LogP contribution in [0.25, 0.3) is 0 Å². The number of benzene rings is 1. The smallest absolute Gasteiger partial charge is 0.250 e. The molecule has 27 heavy (non-hydrogen) atoms. The van der Waals surface area contributed by atoms with Crippen LogP contribution in [-0.4, -0.2) is 54.0 Å². The molecule has 0 unspecified atom stereocenters. The summed E-state index contributed by atoms with van der Waals surface area (Å²) in [6.45, 7) is 4.50. The lowest BCUT2D eigenvalue weighted by atomic mass is 10.1. The molecule has 3 atom stereocenters. The molecular weight excluding hydrogens is 388 g/mol. The largest absolute Gasteiger partial charge is 0.454 e. The first-order valence-electron chi connectivity index (χ1n) is 9.01. The van der Waals surface area contributed by atoms with Gasteiger partial charge in [-0.2, -0.15) is 4.99 Å². The monoisotopic (exact) mass is 410 g/mol. The molecule has 1 aromatic rings. The molecule has 0 bridgehead atoms. The van der Waals surface area contributed by atoms with Crippen molar-refractivity contribution in [1.82, 2.24) is 4.90 Å². The highest BCUT2D eigenvalue weighted by Gasteiger charge is 2.48. The second-order valence-electron chi connectivity index (χ2n) is 7.16. The second kappa shape index (κ2) is 7.01. The van der Waals surface area contributed by atoms with Crippen LogP contribution in [0, 0.1) is 5.92 Å². The van der Waals surface area contributed by atoms with Gasteiger partial charge >= 0.3 is 0 Å². The molecule has 0 aliphatic carbocycles. The number of ether oxygens (including phenoxy) is 2. The molecule has 2 saturated heterocycles. The zero-order valence-corrected chi connectivity index (χ0v) is 16.9. The van der Waals surface area contributed by atoms with Crippen LogP contribution in [0.1, 0.15) is 25.8 Å². The van der Waals surface area contributed by atoms with Crippen LogP contribution in [0.4, 0.5) is 0 Å². The molecule has 7 nitrogen and oxygen atoms in total. The van der Waals surface area contributed by atoms with Gasteiger partial charge in [-0.1, -0.05) is 31.7 Å². The molecule has 146 valence electrons. The van der Waals surface area contributed by atoms with Gasteiger partial charge in [-0.25, -0.2) is 8.42 Å². The molecule has 0 aromatic heterocycles. The van der Waals surface area contributed by atoms with Crippen LogP contribution in [0.2, 0.25) is 0 Å². The number of hydrogen-bond acceptors (Lipinski definition) is 6. The Morgan fingerprint density at radius 3 is 2.89 bits per heavy atom. The summed E-state index contributed by atoms with van der Waals surface area (Å²) in [6, 6.07) is 5.53. The van der Waals surface area contributed by atoms with Crippen molar-refractivity contribution in [2.24, 2.45) is 10.9 Å². The van der Waals surface area contributed by atoms with E-state index in [0.717, 1.165) is 12.0 Å². The number of aliphatic imine (C=N–C) groups is 1. The SMILES string of the molecule is CC[C@H](C)C(=O)N=C1S[C@@H]2CS(=O)(=O)C[C@@H]2N1Cc1ccc2c(c1)OCO2. The Balaban J connectivity index is 1.62. The van der Waals surface area contributed by atoms with Crippen molar-refractivity contribution < 1.29 is 22.7 Å². The predicted octanol–water partition coefficient (Wildman–Crippen LogP) is 2.06. The van der Waals surface area contributed by atoms with Crippen LogP contribution in [0.5, 0.6) is 11.5 Å². The number of carbonyl (C=O) groups excluding carboxylic acids is 1. The number of amidine groups is 1. The third-order valence-electron chi connectivity index (χ3n) is 5.20. The molecule has 3 heterocycles. The van der Waals surface area contributed by atoms with E-state index in [1.807, 2.05) is 36.9 Å². The lowest BCUT2D eigenvalue weighted by molar-refractivity contribution is -0.121. The van der Waals surface area contributed by atoms with Gasteiger partial charge in [0.05, 0.1) is 17.5 Å². The fourth-order valence-corrected chi connectivity index (χ4v) is 7.39. The summed E-state index contributed by atoms with van der Waals surface area (Å²) >= 11 is 1.41. The molecule has 1 amide bonds. The lowest BCUT2D eigenvalue weighted by Crippen LogP contribution is -2.37. The Morgan fingerprint density at radius 2 is 2.11 bits per heavy atom. The number of hydrogen-bond donors (Lipinski definition) is 0. The maximum Gasteiger partial charge on any atom is 0.250 e. The summed E-state index contributed by atoms with van der Waals surface area (Å²) < 4.78 is 35.0. The number of sulfone groups is 1. The Kier molecular flexibility index (Phi) is 4.84. The van der Waals surface area contributed by atoms with Gasteiger partial charge in [0.1, 0.15) is 0 Å². The molecule has 0 radical (unpaired) electrons. The third kappa shape index (κ3) is 3.67. The predicted molar refractivity (Wildman–Crippen MR) is 104 cm³/mol. The number of fused-ring (bicyclic) bond motifs is 2. The summed E-state index contributed by atoms with van der Waals surface area (Å²) in [4.78, 5) is 18.7. The van der Waals surface area contributed by atoms with Crippen molar-refractivity contribution in [3.8, 4) is 11.5 Å². The summed E-state index contributed by atoms with van der Waals surface area (Å²) in [5.74, 6) is 1.33. The Hall–Kier alpha value is -1.74. The zero-order chi connectivity index (χ0) is 19.2. The van der Waals surface area contributed by atoms with Crippen LogP contribution in [-0.2, 0) is 21.2 Å². The lowest BCUT2D eigenvalue weighted by Gasteiger charge is -2.24. The van der Waals surface area contributed by atoms with E-state index in [4.69, 9.17) is 9.47 Å². The minimum absolute atomic E-state index is 0.0764. The van der Waals surface area contributed by atoms with Crippen molar-refractivity contribution >= 4 is 32.7 Å². The van der Waals surface area contributed by atoms with E-state index in [9.17, 15) is 13.2 Å². The highest BCUT2D eigenvalue weighted by molar-refractivity contribution is 8.15. The van der Waals surface area contributed by atoms with Gasteiger partial charge in [-0.15, -0.1) is 0 Å². The van der Waals surface area contributed by atoms with Gasteiger partial charge in [-0.05, 0) is 24.1 Å². The third-order valence-corrected chi connectivity index (χ3v) is 8.45. The van der Waals surface area contributed by atoms with Gasteiger partial charge < -0.3 is 14.4 Å². The van der Waals surface area contributed by atoms with E-state index >= 15 is 0 Å². The Labute approximate surface area is 163 Å². The zero-order valence-electron chi connectivity index (χ0n) is 15.3. The quantitative estimate of drug-likeness (QED) is 0.751. The molecule has 0 saturated carbocycles. The molecule has 0 spiro atoms. The molecule has 1 aromatic carbocycles. The van der Waals surface area contributed by atoms with E-state index in [2.05, 4.69) is 4.99 Å². The Morgan fingerprint density at radius 1 is 1.33 bits per heavy atom. The summed E-state index contributed by atoms with van der Waals surface area (Å²) in [7, 11) is -3.06. The second-order valence-corrected chi connectivity index (χ2v) is 10.5. The normalized spacial score (nSPS) is 27.8. The van der Waals surface area contributed by atoms with Gasteiger partial charge in [0, 0.05) is 17.7 Å². The standard InChI is InChI=1S/C18H22N2O5S2/c1-3-11(2)17(21)19-18-20(13-8-27(22,23)9-16(13)26-18)7-12-4-5-14-15(6-12)25-10-24-14/h4-6,11,13,16H,3,7-10H2,1-2H3/t11-,13-,16+/m0/s1. The molecule has 3 aliphatic rings. The number of thioether (sulfide) groups is 1. The minimum atomic E-state index is -3.06. The Bertz CT molecular complexity index is 899. The number of amides is 1. The first-order chi connectivity index (χ1) is 12.9. The van der Waals surface area contributed by atoms with E-state index < -0.39 is 9.84 Å². The minimum Gasteiger partial charge on any atom is -0.454 e. The molecule has 2 fully saturated rings.